The fourth-order valence-electron chi connectivity index (χ4n) is 5.97. The van der Waals surface area contributed by atoms with Crippen molar-refractivity contribution in [2.45, 2.75) is 0 Å². The van der Waals surface area contributed by atoms with Crippen molar-refractivity contribution in [2.75, 3.05) is 66.8 Å². The third-order valence-corrected chi connectivity index (χ3v) is 14.0. The van der Waals surface area contributed by atoms with Crippen molar-refractivity contribution in [3.63, 3.8) is 0 Å². The quantitative estimate of drug-likeness (QED) is 0.0698. The molecule has 0 aliphatic carbocycles. The number of ether oxygens (including phenoxy) is 2. The van der Waals surface area contributed by atoms with E-state index in [1.54, 1.807) is 106 Å². The Kier molecular flexibility index (Phi) is 18.8. The summed E-state index contributed by atoms with van der Waals surface area (Å²) in [4.78, 5) is 96.2. The molecule has 6 aromatic heterocycles. The van der Waals surface area contributed by atoms with Crippen molar-refractivity contribution in [2.24, 2.45) is 0 Å². The lowest BCUT2D eigenvalue weighted by molar-refractivity contribution is 0.0587. The number of carboxylic acids is 1. The summed E-state index contributed by atoms with van der Waals surface area (Å²) in [7, 11) is 7.30. The van der Waals surface area contributed by atoms with Crippen LogP contribution in [0.4, 0.5) is 41.7 Å². The van der Waals surface area contributed by atoms with Gasteiger partial charge < -0.3 is 49.5 Å². The number of nitrogens with zero attached hydrogens (tertiary/aromatic N) is 2. The fraction of sp³-hybridized carbons (Fsp3) is 0.102. The Hall–Kier alpha value is -8.19. The summed E-state index contributed by atoms with van der Waals surface area (Å²) in [5.74, 6) is -2.82. The number of carboxylic acid groups (broad SMARTS) is 1. The van der Waals surface area contributed by atoms with E-state index < -0.39 is 46.4 Å². The van der Waals surface area contributed by atoms with Gasteiger partial charge in [0.15, 0.2) is 16.7 Å². The molecule has 6 N–H and O–H groups in total. The number of thiophene rings is 3. The Labute approximate surface area is 449 Å². The monoisotopic (exact) mass is 1140 g/mol. The van der Waals surface area contributed by atoms with E-state index in [9.17, 15) is 38.4 Å². The molecule has 0 aliphatic heterocycles. The van der Waals surface area contributed by atoms with Gasteiger partial charge >= 0.3 is 46.8 Å². The van der Waals surface area contributed by atoms with Gasteiger partial charge in [-0.1, -0.05) is 34.8 Å². The molecule has 9 aromatic rings. The minimum Gasteiger partial charge on any atom is -0.477 e. The molecule has 0 saturated heterocycles. The number of nitrogens with one attached hydrogen (secondary N) is 3. The first-order valence-electron chi connectivity index (χ1n) is 21.1. The largest absolute Gasteiger partial charge is 0.477 e. The number of urea groups is 2. The number of amides is 4. The second kappa shape index (κ2) is 25.2. The predicted molar refractivity (Wildman–Crippen MR) is 294 cm³/mol. The number of aromatic carboxylic acids is 1. The number of nitrogens with two attached hydrogens (primary N) is 1. The summed E-state index contributed by atoms with van der Waals surface area (Å²) in [5, 5.41) is 21.1. The molecule has 6 heterocycles. The minimum atomic E-state index is -1.36. The molecule has 4 amide bonds. The number of nitrogen functional groups attached to an aromatic ring is 1. The van der Waals surface area contributed by atoms with Crippen LogP contribution in [0.1, 0.15) is 31.1 Å². The zero-order valence-electron chi connectivity index (χ0n) is 39.5. The molecular weight excluding hydrogens is 1100 g/mol. The molecule has 26 heteroatoms. The van der Waals surface area contributed by atoms with E-state index in [0.717, 1.165) is 31.7 Å². The van der Waals surface area contributed by atoms with Crippen molar-refractivity contribution < 1.29 is 51.8 Å². The number of hydrogen-bond donors (Lipinski definition) is 5. The van der Waals surface area contributed by atoms with Crippen LogP contribution in [0.25, 0.3) is 30.8 Å². The maximum atomic E-state index is 12.4. The van der Waals surface area contributed by atoms with E-state index in [0.29, 0.717) is 46.4 Å². The number of halogens is 3. The summed E-state index contributed by atoms with van der Waals surface area (Å²) in [5.41, 5.74) is 5.12. The van der Waals surface area contributed by atoms with Gasteiger partial charge in [0, 0.05) is 71.5 Å². The Balaban J connectivity index is 0.000000174. The van der Waals surface area contributed by atoms with Gasteiger partial charge in [-0.15, -0.1) is 34.0 Å². The third-order valence-electron chi connectivity index (χ3n) is 9.86. The number of carbonyl (C=O) groups excluding carboxylic acids is 4. The molecule has 0 spiro atoms. The Morgan fingerprint density at radius 3 is 1.25 bits per heavy atom. The lowest BCUT2D eigenvalue weighted by Gasteiger charge is -2.15. The van der Waals surface area contributed by atoms with Gasteiger partial charge in [0.25, 0.3) is 0 Å². The molecule has 0 atom stereocenters. The molecule has 75 heavy (non-hydrogen) atoms. The Morgan fingerprint density at radius 2 is 0.893 bits per heavy atom. The van der Waals surface area contributed by atoms with E-state index in [1.165, 1.54) is 71.0 Å². The number of benzene rings is 3. The van der Waals surface area contributed by atoms with Crippen LogP contribution in [0.5, 0.6) is 0 Å². The first-order chi connectivity index (χ1) is 35.7. The van der Waals surface area contributed by atoms with Crippen LogP contribution >= 0.6 is 68.8 Å². The molecule has 3 aromatic carbocycles. The van der Waals surface area contributed by atoms with E-state index in [2.05, 4.69) is 25.4 Å². The first kappa shape index (κ1) is 56.1. The van der Waals surface area contributed by atoms with Crippen molar-refractivity contribution in [1.29, 1.82) is 0 Å². The summed E-state index contributed by atoms with van der Waals surface area (Å²) < 4.78 is 25.9. The highest BCUT2D eigenvalue weighted by molar-refractivity contribution is 7.23. The van der Waals surface area contributed by atoms with Crippen molar-refractivity contribution in [3.8, 4) is 0 Å². The molecule has 0 fully saturated rings. The molecule has 9 rings (SSSR count). The highest BCUT2D eigenvalue weighted by Gasteiger charge is 2.21. The minimum absolute atomic E-state index is 0.0838. The molecule has 0 saturated carbocycles. The third kappa shape index (κ3) is 14.5. The van der Waals surface area contributed by atoms with E-state index in [1.807, 2.05) is 0 Å². The molecule has 0 bridgehead atoms. The molecule has 0 unspecified atom stereocenters. The molecule has 0 aliphatic rings. The van der Waals surface area contributed by atoms with Crippen LogP contribution in [0, 0.1) is 0 Å². The number of hydrogen-bond acceptors (Lipinski definition) is 18. The second-order valence-electron chi connectivity index (χ2n) is 14.9. The first-order valence-corrected chi connectivity index (χ1v) is 24.7. The molecule has 388 valence electrons. The van der Waals surface area contributed by atoms with Crippen LogP contribution in [0.2, 0.25) is 15.1 Å². The van der Waals surface area contributed by atoms with E-state index >= 15 is 0 Å². The number of carbonyl (C=O) groups is 5. The number of methoxy groups -OCH3 is 2. The van der Waals surface area contributed by atoms with Gasteiger partial charge in [0.05, 0.1) is 33.3 Å². The van der Waals surface area contributed by atoms with Gasteiger partial charge in [0.1, 0.15) is 26.7 Å². The van der Waals surface area contributed by atoms with Gasteiger partial charge in [0.2, 0.25) is 0 Å². The normalized spacial score (nSPS) is 10.4. The van der Waals surface area contributed by atoms with E-state index in [4.69, 9.17) is 58.9 Å². The zero-order chi connectivity index (χ0) is 54.7. The number of fused-ring (bicyclic) bond motifs is 3. The summed E-state index contributed by atoms with van der Waals surface area (Å²) in [6.07, 6.45) is 0. The van der Waals surface area contributed by atoms with Crippen molar-refractivity contribution in [1.82, 2.24) is 0 Å². The molecule has 0 radical (unpaired) electrons. The van der Waals surface area contributed by atoms with Gasteiger partial charge in [-0.3, -0.25) is 9.80 Å². The molecular formula is C49H39Cl3N6O14S3. The SMILES string of the molecule is CN(C(=O)Nc1ccc(Cl)cc1)c1cc2oc(=O)c(C(=O)O)cc2s1.CNc1cc2oc(=O)c(C(=O)OC)cc2s1.COC(=O)c1cc2sc(N(C)C(=O)Nc3ccc(Cl)cc3)cc2oc1=O.Nc1ccc(Cl)cc1. The van der Waals surface area contributed by atoms with Crippen LogP contribution < -0.4 is 48.4 Å². The van der Waals surface area contributed by atoms with Crippen LogP contribution in [0.15, 0.2) is 137 Å². The summed E-state index contributed by atoms with van der Waals surface area (Å²) >= 11 is 20.9. The fourth-order valence-corrected chi connectivity index (χ4v) is 9.21. The summed E-state index contributed by atoms with van der Waals surface area (Å²) in [6, 6.07) is 28.5. The smallest absolute Gasteiger partial charge is 0.351 e. The summed E-state index contributed by atoms with van der Waals surface area (Å²) in [6.45, 7) is 0. The second-order valence-corrected chi connectivity index (χ2v) is 19.4. The maximum Gasteiger partial charge on any atom is 0.351 e. The van der Waals surface area contributed by atoms with Crippen LogP contribution in [-0.4, -0.2) is 70.4 Å². The predicted octanol–water partition coefficient (Wildman–Crippen LogP) is 11.4. The lowest BCUT2D eigenvalue weighted by Crippen LogP contribution is -2.30. The van der Waals surface area contributed by atoms with Crippen LogP contribution in [0.3, 0.4) is 0 Å². The highest BCUT2D eigenvalue weighted by atomic mass is 35.5. The van der Waals surface area contributed by atoms with Crippen LogP contribution in [-0.2, 0) is 9.47 Å². The maximum absolute atomic E-state index is 12.4. The number of esters is 2. The van der Waals surface area contributed by atoms with Gasteiger partial charge in [-0.05, 0) is 91.0 Å². The zero-order valence-corrected chi connectivity index (χ0v) is 44.2. The average Bonchev–Trinajstić information content (AvgIpc) is 4.13. The average molecular weight is 1140 g/mol. The molecule has 20 nitrogen and oxygen atoms in total. The van der Waals surface area contributed by atoms with Gasteiger partial charge in [-0.25, -0.2) is 38.4 Å². The Bertz CT molecular complexity index is 3720. The topological polar surface area (TPSA) is 283 Å². The Morgan fingerprint density at radius 1 is 0.547 bits per heavy atom. The van der Waals surface area contributed by atoms with Crippen molar-refractivity contribution >= 4 is 162 Å². The van der Waals surface area contributed by atoms with E-state index in [-0.39, 0.29) is 28.3 Å². The standard InChI is InChI=1S/C17H13ClN2O5S.C16H11ClN2O5S.C10H9NO4S.C6H6ClN/c1-20(17(23)19-10-5-3-9(18)4-6-10)14-8-12-13(26-14)7-11(15(21)24-2)16(22)25-12;1-19(16(23)18-9-4-2-8(17)3-5-9)13-7-11-12(25-13)6-10(14(20)21)15(22)24-11;1-11-8-4-6-7(16-8)3-5(9(12)14-2)10(13)15-6;7-5-1-3-6(8)4-2-5/h3-8H,1-2H3,(H,19,23);2-7H,1H3,(H,18,23)(H,20,21);3-4,11H,1-2H3;1-4H,8H2. The number of anilines is 6. The van der Waals surface area contributed by atoms with Crippen molar-refractivity contribution in [3.05, 3.63) is 172 Å². The number of rotatable bonds is 8. The van der Waals surface area contributed by atoms with Gasteiger partial charge in [-0.2, -0.15) is 0 Å². The highest BCUT2D eigenvalue weighted by Crippen LogP contribution is 2.34. The lowest BCUT2D eigenvalue weighted by atomic mass is 10.3.